The topological polar surface area (TPSA) is 24.9 Å². The van der Waals surface area contributed by atoms with Crippen LogP contribution < -0.4 is 5.32 Å². The molecule has 16 heavy (non-hydrogen) atoms. The van der Waals surface area contributed by atoms with E-state index < -0.39 is 0 Å². The molecule has 86 valence electrons. The van der Waals surface area contributed by atoms with E-state index >= 15 is 0 Å². The summed E-state index contributed by atoms with van der Waals surface area (Å²) in [5.41, 5.74) is 4.55. The molecule has 2 heterocycles. The van der Waals surface area contributed by atoms with E-state index in [2.05, 4.69) is 34.1 Å². The largest absolute Gasteiger partial charge is 0.316 e. The molecule has 0 unspecified atom stereocenters. The summed E-state index contributed by atoms with van der Waals surface area (Å²) >= 11 is 3.52. The van der Waals surface area contributed by atoms with Crippen LogP contribution in [0.1, 0.15) is 16.1 Å². The number of hydrogen-bond acceptors (Lipinski definition) is 4. The third-order valence-electron chi connectivity index (χ3n) is 2.54. The van der Waals surface area contributed by atoms with E-state index in [1.54, 1.807) is 22.7 Å². The predicted octanol–water partition coefficient (Wildman–Crippen LogP) is 2.89. The summed E-state index contributed by atoms with van der Waals surface area (Å²) in [5, 5.41) is 7.82. The summed E-state index contributed by atoms with van der Waals surface area (Å²) in [6, 6.07) is 2.19. The van der Waals surface area contributed by atoms with Crippen LogP contribution >= 0.6 is 22.7 Å². The highest BCUT2D eigenvalue weighted by Crippen LogP contribution is 2.11. The van der Waals surface area contributed by atoms with Crippen LogP contribution in [-0.4, -0.2) is 18.1 Å². The van der Waals surface area contributed by atoms with Gasteiger partial charge in [0.2, 0.25) is 0 Å². The molecule has 0 radical (unpaired) electrons. The number of thiophene rings is 1. The molecule has 2 aromatic rings. The van der Waals surface area contributed by atoms with E-state index in [1.165, 1.54) is 16.1 Å². The van der Waals surface area contributed by atoms with Gasteiger partial charge in [0.15, 0.2) is 0 Å². The zero-order valence-corrected chi connectivity index (χ0v) is 11.0. The van der Waals surface area contributed by atoms with Gasteiger partial charge in [-0.05, 0) is 48.7 Å². The fraction of sp³-hybridized carbons (Fsp3) is 0.417. The van der Waals surface area contributed by atoms with Crippen LogP contribution in [0.4, 0.5) is 0 Å². The van der Waals surface area contributed by atoms with Crippen molar-refractivity contribution in [1.29, 1.82) is 0 Å². The molecule has 0 bridgehead atoms. The fourth-order valence-corrected chi connectivity index (χ4v) is 3.05. The molecule has 2 rings (SSSR count). The molecule has 2 nitrogen and oxygen atoms in total. The van der Waals surface area contributed by atoms with E-state index in [4.69, 9.17) is 0 Å². The lowest BCUT2D eigenvalue weighted by Gasteiger charge is -2.02. The number of thiazole rings is 1. The molecule has 0 aliphatic carbocycles. The van der Waals surface area contributed by atoms with E-state index in [0.717, 1.165) is 25.9 Å². The van der Waals surface area contributed by atoms with Gasteiger partial charge in [0.25, 0.3) is 0 Å². The summed E-state index contributed by atoms with van der Waals surface area (Å²) in [4.78, 5) is 5.65. The summed E-state index contributed by atoms with van der Waals surface area (Å²) in [6.07, 6.45) is 2.23. The molecule has 4 heteroatoms. The van der Waals surface area contributed by atoms with Crippen molar-refractivity contribution in [2.24, 2.45) is 0 Å². The van der Waals surface area contributed by atoms with Crippen molar-refractivity contribution in [3.63, 3.8) is 0 Å². The van der Waals surface area contributed by atoms with Gasteiger partial charge in [-0.25, -0.2) is 4.98 Å². The number of nitrogens with zero attached hydrogens (tertiary/aromatic N) is 1. The third kappa shape index (κ3) is 3.40. The van der Waals surface area contributed by atoms with Crippen molar-refractivity contribution < 1.29 is 0 Å². The van der Waals surface area contributed by atoms with Crippen molar-refractivity contribution in [1.82, 2.24) is 10.3 Å². The van der Waals surface area contributed by atoms with Crippen LogP contribution in [0.2, 0.25) is 0 Å². The fourth-order valence-electron chi connectivity index (χ4n) is 1.56. The van der Waals surface area contributed by atoms with Crippen molar-refractivity contribution >= 4 is 22.7 Å². The normalized spacial score (nSPS) is 10.8. The van der Waals surface area contributed by atoms with Crippen LogP contribution in [0.15, 0.2) is 22.3 Å². The quantitative estimate of drug-likeness (QED) is 0.800. The van der Waals surface area contributed by atoms with Gasteiger partial charge in [-0.1, -0.05) is 0 Å². The van der Waals surface area contributed by atoms with E-state index in [-0.39, 0.29) is 0 Å². The first kappa shape index (κ1) is 11.8. The SMILES string of the molecule is Cc1ncsc1CCNCCc1ccsc1. The average molecular weight is 252 g/mol. The number of nitrogens with one attached hydrogen (secondary N) is 1. The third-order valence-corrected chi connectivity index (χ3v) is 4.27. The highest BCUT2D eigenvalue weighted by molar-refractivity contribution is 7.09. The molecule has 0 amide bonds. The molecule has 0 saturated carbocycles. The Hall–Kier alpha value is -0.710. The lowest BCUT2D eigenvalue weighted by molar-refractivity contribution is 0.684. The summed E-state index contributed by atoms with van der Waals surface area (Å²) in [7, 11) is 0. The van der Waals surface area contributed by atoms with E-state index in [0.29, 0.717) is 0 Å². The Morgan fingerprint density at radius 2 is 2.19 bits per heavy atom. The standard InChI is InChI=1S/C12H16N2S2/c1-10-12(16-9-14-10)3-6-13-5-2-11-4-7-15-8-11/h4,7-9,13H,2-3,5-6H2,1H3. The molecule has 0 saturated heterocycles. The average Bonchev–Trinajstić information content (AvgIpc) is 2.90. The second-order valence-electron chi connectivity index (χ2n) is 3.74. The number of aryl methyl sites for hydroxylation is 1. The molecule has 0 atom stereocenters. The van der Waals surface area contributed by atoms with Crippen LogP contribution in [0, 0.1) is 6.92 Å². The van der Waals surface area contributed by atoms with E-state index in [9.17, 15) is 0 Å². The smallest absolute Gasteiger partial charge is 0.0797 e. The Kier molecular flexibility index (Phi) is 4.51. The molecule has 1 N–H and O–H groups in total. The lowest BCUT2D eigenvalue weighted by Crippen LogP contribution is -2.19. The monoisotopic (exact) mass is 252 g/mol. The maximum atomic E-state index is 4.25. The van der Waals surface area contributed by atoms with Gasteiger partial charge < -0.3 is 5.32 Å². The lowest BCUT2D eigenvalue weighted by atomic mass is 10.2. The first-order valence-electron chi connectivity index (χ1n) is 5.47. The molecular formula is C12H16N2S2. The zero-order valence-electron chi connectivity index (χ0n) is 9.40. The molecule has 0 fully saturated rings. The van der Waals surface area contributed by atoms with Crippen LogP contribution in [0.5, 0.6) is 0 Å². The van der Waals surface area contributed by atoms with Gasteiger partial charge in [-0.2, -0.15) is 11.3 Å². The first-order chi connectivity index (χ1) is 7.86. The van der Waals surface area contributed by atoms with Gasteiger partial charge in [0, 0.05) is 11.4 Å². The van der Waals surface area contributed by atoms with Gasteiger partial charge >= 0.3 is 0 Å². The van der Waals surface area contributed by atoms with Crippen molar-refractivity contribution in [3.05, 3.63) is 38.5 Å². The second-order valence-corrected chi connectivity index (χ2v) is 5.46. The van der Waals surface area contributed by atoms with Crippen LogP contribution in [0.3, 0.4) is 0 Å². The maximum Gasteiger partial charge on any atom is 0.0797 e. The minimum Gasteiger partial charge on any atom is -0.316 e. The number of rotatable bonds is 6. The molecular weight excluding hydrogens is 236 g/mol. The van der Waals surface area contributed by atoms with Gasteiger partial charge in [-0.3, -0.25) is 0 Å². The maximum absolute atomic E-state index is 4.25. The highest BCUT2D eigenvalue weighted by Gasteiger charge is 2.00. The Bertz CT molecular complexity index is 406. The molecule has 0 aliphatic rings. The molecule has 0 aromatic carbocycles. The Balaban J connectivity index is 1.61. The zero-order chi connectivity index (χ0) is 11.2. The molecule has 2 aromatic heterocycles. The summed E-state index contributed by atoms with van der Waals surface area (Å²) in [6.45, 7) is 4.19. The highest BCUT2D eigenvalue weighted by atomic mass is 32.1. The first-order valence-corrected chi connectivity index (χ1v) is 7.29. The van der Waals surface area contributed by atoms with Gasteiger partial charge in [0.05, 0.1) is 11.2 Å². The number of hydrogen-bond donors (Lipinski definition) is 1. The van der Waals surface area contributed by atoms with Gasteiger partial charge in [0.1, 0.15) is 0 Å². The predicted molar refractivity (Wildman–Crippen MR) is 71.4 cm³/mol. The Morgan fingerprint density at radius 3 is 2.88 bits per heavy atom. The van der Waals surface area contributed by atoms with Gasteiger partial charge in [-0.15, -0.1) is 11.3 Å². The Labute approximate surface area is 104 Å². The van der Waals surface area contributed by atoms with E-state index in [1.807, 2.05) is 5.51 Å². The minimum atomic E-state index is 1.05. The summed E-state index contributed by atoms with van der Waals surface area (Å²) < 4.78 is 0. The van der Waals surface area contributed by atoms with Crippen LogP contribution in [0.25, 0.3) is 0 Å². The number of aromatic nitrogens is 1. The van der Waals surface area contributed by atoms with Crippen molar-refractivity contribution in [2.75, 3.05) is 13.1 Å². The van der Waals surface area contributed by atoms with Crippen molar-refractivity contribution in [3.8, 4) is 0 Å². The van der Waals surface area contributed by atoms with Crippen LogP contribution in [-0.2, 0) is 12.8 Å². The Morgan fingerprint density at radius 1 is 1.31 bits per heavy atom. The second kappa shape index (κ2) is 6.13. The van der Waals surface area contributed by atoms with Crippen molar-refractivity contribution in [2.45, 2.75) is 19.8 Å². The summed E-state index contributed by atoms with van der Waals surface area (Å²) in [5.74, 6) is 0. The molecule has 0 spiro atoms. The minimum absolute atomic E-state index is 1.05. The molecule has 0 aliphatic heterocycles.